The molecule has 0 saturated heterocycles. The van der Waals surface area contributed by atoms with Crippen LogP contribution in [0.3, 0.4) is 0 Å². The van der Waals surface area contributed by atoms with Crippen LogP contribution in [0, 0.1) is 11.3 Å². The van der Waals surface area contributed by atoms with Crippen molar-refractivity contribution >= 4 is 21.6 Å². The maximum Gasteiger partial charge on any atom is 0.101 e. The SMILES string of the molecule is N#Cc1cc(Br)ccc1NC1CCCC1. The van der Waals surface area contributed by atoms with Crippen LogP contribution in [0.1, 0.15) is 31.2 Å². The molecule has 2 nitrogen and oxygen atoms in total. The summed E-state index contributed by atoms with van der Waals surface area (Å²) < 4.78 is 0.955. The van der Waals surface area contributed by atoms with Crippen LogP contribution in [-0.4, -0.2) is 6.04 Å². The maximum absolute atomic E-state index is 9.01. The molecule has 1 aromatic rings. The van der Waals surface area contributed by atoms with E-state index in [1.165, 1.54) is 25.7 Å². The highest BCUT2D eigenvalue weighted by Crippen LogP contribution is 2.25. The fourth-order valence-corrected chi connectivity index (χ4v) is 2.39. The predicted octanol–water partition coefficient (Wildman–Crippen LogP) is 3.68. The number of anilines is 1. The van der Waals surface area contributed by atoms with Gasteiger partial charge in [0.2, 0.25) is 0 Å². The molecule has 3 heteroatoms. The predicted molar refractivity (Wildman–Crippen MR) is 64.7 cm³/mol. The molecule has 0 aliphatic heterocycles. The molecule has 0 spiro atoms. The van der Waals surface area contributed by atoms with E-state index in [-0.39, 0.29) is 0 Å². The van der Waals surface area contributed by atoms with Crippen LogP contribution in [0.2, 0.25) is 0 Å². The van der Waals surface area contributed by atoms with E-state index < -0.39 is 0 Å². The van der Waals surface area contributed by atoms with Gasteiger partial charge in [0.1, 0.15) is 6.07 Å². The highest BCUT2D eigenvalue weighted by Gasteiger charge is 2.15. The third-order valence-corrected chi connectivity index (χ3v) is 3.31. The van der Waals surface area contributed by atoms with Gasteiger partial charge in [-0.1, -0.05) is 28.8 Å². The number of hydrogen-bond donors (Lipinski definition) is 1. The molecule has 0 unspecified atom stereocenters. The summed E-state index contributed by atoms with van der Waals surface area (Å²) in [5.41, 5.74) is 1.68. The molecule has 0 amide bonds. The zero-order valence-electron chi connectivity index (χ0n) is 8.46. The monoisotopic (exact) mass is 264 g/mol. The molecule has 0 aromatic heterocycles. The number of nitriles is 1. The Morgan fingerprint density at radius 2 is 2.07 bits per heavy atom. The van der Waals surface area contributed by atoms with E-state index in [1.54, 1.807) is 0 Å². The van der Waals surface area contributed by atoms with Crippen molar-refractivity contribution in [1.29, 1.82) is 5.26 Å². The van der Waals surface area contributed by atoms with Gasteiger partial charge < -0.3 is 5.32 Å². The van der Waals surface area contributed by atoms with Crippen molar-refractivity contribution in [2.24, 2.45) is 0 Å². The summed E-state index contributed by atoms with van der Waals surface area (Å²) in [5.74, 6) is 0. The normalized spacial score (nSPS) is 16.3. The Hall–Kier alpha value is -1.01. The second kappa shape index (κ2) is 4.67. The van der Waals surface area contributed by atoms with Gasteiger partial charge in [0.25, 0.3) is 0 Å². The molecule has 0 heterocycles. The number of benzene rings is 1. The van der Waals surface area contributed by atoms with Crippen LogP contribution in [0.5, 0.6) is 0 Å². The van der Waals surface area contributed by atoms with Crippen molar-refractivity contribution < 1.29 is 0 Å². The molecule has 1 fully saturated rings. The highest BCUT2D eigenvalue weighted by molar-refractivity contribution is 9.10. The van der Waals surface area contributed by atoms with Gasteiger partial charge in [-0.25, -0.2) is 0 Å². The van der Waals surface area contributed by atoms with Gasteiger partial charge in [-0.3, -0.25) is 0 Å². The smallest absolute Gasteiger partial charge is 0.101 e. The van der Waals surface area contributed by atoms with Crippen LogP contribution in [-0.2, 0) is 0 Å². The quantitative estimate of drug-likeness (QED) is 0.885. The summed E-state index contributed by atoms with van der Waals surface area (Å²) in [4.78, 5) is 0. The second-order valence-corrected chi connectivity index (χ2v) is 4.84. The molecule has 2 rings (SSSR count). The van der Waals surface area contributed by atoms with Gasteiger partial charge in [-0.05, 0) is 31.0 Å². The Kier molecular flexibility index (Phi) is 3.27. The average Bonchev–Trinajstić information content (AvgIpc) is 2.73. The van der Waals surface area contributed by atoms with E-state index in [1.807, 2.05) is 18.2 Å². The Bertz CT molecular complexity index is 389. The molecule has 1 N–H and O–H groups in total. The van der Waals surface area contributed by atoms with Crippen molar-refractivity contribution in [2.75, 3.05) is 5.32 Å². The maximum atomic E-state index is 9.01. The van der Waals surface area contributed by atoms with Crippen LogP contribution in [0.15, 0.2) is 22.7 Å². The lowest BCUT2D eigenvalue weighted by Crippen LogP contribution is -2.15. The van der Waals surface area contributed by atoms with Gasteiger partial charge in [0, 0.05) is 10.5 Å². The number of nitrogens with one attached hydrogen (secondary N) is 1. The zero-order chi connectivity index (χ0) is 10.7. The number of rotatable bonds is 2. The lowest BCUT2D eigenvalue weighted by Gasteiger charge is -2.14. The van der Waals surface area contributed by atoms with E-state index in [2.05, 4.69) is 27.3 Å². The first kappa shape index (κ1) is 10.5. The van der Waals surface area contributed by atoms with Gasteiger partial charge >= 0.3 is 0 Å². The van der Waals surface area contributed by atoms with E-state index >= 15 is 0 Å². The van der Waals surface area contributed by atoms with Gasteiger partial charge in [0.15, 0.2) is 0 Å². The molecule has 1 saturated carbocycles. The largest absolute Gasteiger partial charge is 0.381 e. The zero-order valence-corrected chi connectivity index (χ0v) is 10.0. The summed E-state index contributed by atoms with van der Waals surface area (Å²) in [7, 11) is 0. The topological polar surface area (TPSA) is 35.8 Å². The summed E-state index contributed by atoms with van der Waals surface area (Å²) >= 11 is 3.37. The molecule has 1 aliphatic carbocycles. The molecule has 1 aromatic carbocycles. The van der Waals surface area contributed by atoms with Gasteiger partial charge in [0.05, 0.1) is 11.3 Å². The first-order valence-corrected chi connectivity index (χ1v) is 6.05. The molecule has 0 bridgehead atoms. The number of hydrogen-bond acceptors (Lipinski definition) is 2. The Morgan fingerprint density at radius 1 is 1.33 bits per heavy atom. The lowest BCUT2D eigenvalue weighted by molar-refractivity contribution is 0.755. The third kappa shape index (κ3) is 2.51. The number of halogens is 1. The summed E-state index contributed by atoms with van der Waals surface area (Å²) in [6.45, 7) is 0. The third-order valence-electron chi connectivity index (χ3n) is 2.82. The number of nitrogens with zero attached hydrogens (tertiary/aromatic N) is 1. The van der Waals surface area contributed by atoms with Crippen molar-refractivity contribution in [3.63, 3.8) is 0 Å². The molecule has 15 heavy (non-hydrogen) atoms. The fraction of sp³-hybridized carbons (Fsp3) is 0.417. The highest BCUT2D eigenvalue weighted by atomic mass is 79.9. The van der Waals surface area contributed by atoms with E-state index in [9.17, 15) is 0 Å². The molecule has 0 atom stereocenters. The molecule has 0 radical (unpaired) electrons. The Balaban J connectivity index is 2.16. The minimum Gasteiger partial charge on any atom is -0.381 e. The van der Waals surface area contributed by atoms with Gasteiger partial charge in [-0.2, -0.15) is 5.26 Å². The fourth-order valence-electron chi connectivity index (χ4n) is 2.02. The van der Waals surface area contributed by atoms with Gasteiger partial charge in [-0.15, -0.1) is 0 Å². The standard InChI is InChI=1S/C12H13BrN2/c13-10-5-6-12(9(7-10)8-14)15-11-3-1-2-4-11/h5-7,11,15H,1-4H2. The van der Waals surface area contributed by atoms with Crippen LogP contribution in [0.25, 0.3) is 0 Å². The molecular weight excluding hydrogens is 252 g/mol. The minimum absolute atomic E-state index is 0.554. The van der Waals surface area contributed by atoms with E-state index in [4.69, 9.17) is 5.26 Å². The summed E-state index contributed by atoms with van der Waals surface area (Å²) in [5, 5.41) is 12.5. The van der Waals surface area contributed by atoms with Crippen LogP contribution < -0.4 is 5.32 Å². The van der Waals surface area contributed by atoms with Crippen molar-refractivity contribution in [2.45, 2.75) is 31.7 Å². The van der Waals surface area contributed by atoms with E-state index in [0.717, 1.165) is 15.7 Å². The molecule has 1 aliphatic rings. The van der Waals surface area contributed by atoms with Crippen LogP contribution in [0.4, 0.5) is 5.69 Å². The van der Waals surface area contributed by atoms with Crippen molar-refractivity contribution in [3.8, 4) is 6.07 Å². The van der Waals surface area contributed by atoms with E-state index in [0.29, 0.717) is 6.04 Å². The molecule has 78 valence electrons. The first-order valence-electron chi connectivity index (χ1n) is 5.26. The Labute approximate surface area is 98.4 Å². The minimum atomic E-state index is 0.554. The van der Waals surface area contributed by atoms with Crippen molar-refractivity contribution in [1.82, 2.24) is 0 Å². The summed E-state index contributed by atoms with van der Waals surface area (Å²) in [6, 6.07) is 8.57. The Morgan fingerprint density at radius 3 is 2.73 bits per heavy atom. The first-order chi connectivity index (χ1) is 7.29. The summed E-state index contributed by atoms with van der Waals surface area (Å²) in [6.07, 6.45) is 5.05. The van der Waals surface area contributed by atoms with Crippen LogP contribution >= 0.6 is 15.9 Å². The molecular formula is C12H13BrN2. The lowest BCUT2D eigenvalue weighted by atomic mass is 10.1. The average molecular weight is 265 g/mol. The van der Waals surface area contributed by atoms with Crippen molar-refractivity contribution in [3.05, 3.63) is 28.2 Å². The second-order valence-electron chi connectivity index (χ2n) is 3.93.